The number of carbonyl (C=O) groups is 1. The van der Waals surface area contributed by atoms with E-state index in [-0.39, 0.29) is 41.5 Å². The fourth-order valence-electron chi connectivity index (χ4n) is 5.96. The van der Waals surface area contributed by atoms with Crippen LogP contribution in [0.1, 0.15) is 22.5 Å². The molecule has 5 heterocycles. The van der Waals surface area contributed by atoms with Gasteiger partial charge >= 0.3 is 0 Å². The van der Waals surface area contributed by atoms with Crippen molar-refractivity contribution in [3.05, 3.63) is 71.3 Å². The van der Waals surface area contributed by atoms with Crippen LogP contribution in [0.5, 0.6) is 5.75 Å². The molecule has 15 heteroatoms. The van der Waals surface area contributed by atoms with E-state index >= 15 is 4.39 Å². The van der Waals surface area contributed by atoms with Gasteiger partial charge < -0.3 is 24.6 Å². The molecule has 4 aromatic rings. The van der Waals surface area contributed by atoms with E-state index in [0.29, 0.717) is 23.4 Å². The summed E-state index contributed by atoms with van der Waals surface area (Å²) in [6.07, 6.45) is 0.668. The van der Waals surface area contributed by atoms with Gasteiger partial charge in [-0.25, -0.2) is 14.4 Å². The maximum Gasteiger partial charge on any atom is 0.273 e. The fraction of sp³-hybridized carbons (Fsp3) is 0.375. The summed E-state index contributed by atoms with van der Waals surface area (Å²) in [5, 5.41) is 19.6. The van der Waals surface area contributed by atoms with Crippen molar-refractivity contribution >= 4 is 34.8 Å². The minimum absolute atomic E-state index is 0.121. The fourth-order valence-corrected chi connectivity index (χ4v) is 6.13. The molecule has 0 spiro atoms. The predicted octanol–water partition coefficient (Wildman–Crippen LogP) is 3.68. The zero-order chi connectivity index (χ0) is 32.3. The number of anilines is 3. The van der Waals surface area contributed by atoms with Crippen molar-refractivity contribution in [3.63, 3.8) is 0 Å². The minimum atomic E-state index is -1.47. The molecule has 47 heavy (non-hydrogen) atoms. The van der Waals surface area contributed by atoms with Gasteiger partial charge in [-0.3, -0.25) is 14.8 Å². The van der Waals surface area contributed by atoms with Gasteiger partial charge in [-0.15, -0.1) is 0 Å². The summed E-state index contributed by atoms with van der Waals surface area (Å²) in [7, 11) is 0. The van der Waals surface area contributed by atoms with E-state index in [4.69, 9.17) is 21.1 Å². The van der Waals surface area contributed by atoms with E-state index < -0.39 is 18.2 Å². The Morgan fingerprint density at radius 3 is 2.60 bits per heavy atom. The highest BCUT2D eigenvalue weighted by molar-refractivity contribution is 6.33. The number of hydrogen-bond donors (Lipinski definition) is 2. The molecule has 2 N–H and O–H groups in total. The first-order chi connectivity index (χ1) is 22.9. The van der Waals surface area contributed by atoms with Crippen molar-refractivity contribution in [3.8, 4) is 23.2 Å². The second-order valence-electron chi connectivity index (χ2n) is 11.6. The normalized spacial score (nSPS) is 20.4. The highest BCUT2D eigenvalue weighted by Crippen LogP contribution is 2.29. The Kier molecular flexibility index (Phi) is 8.84. The van der Waals surface area contributed by atoms with Crippen molar-refractivity contribution in [1.29, 1.82) is 5.26 Å². The number of carbonyl (C=O) groups excluding carboxylic acids is 1. The largest absolute Gasteiger partial charge is 0.486 e. The number of piperidine rings is 1. The van der Waals surface area contributed by atoms with E-state index in [9.17, 15) is 10.1 Å². The van der Waals surface area contributed by atoms with Crippen LogP contribution in [0.4, 0.5) is 21.7 Å². The molecule has 13 nitrogen and oxygen atoms in total. The van der Waals surface area contributed by atoms with Gasteiger partial charge in [0.25, 0.3) is 5.91 Å². The van der Waals surface area contributed by atoms with E-state index in [1.54, 1.807) is 18.2 Å². The molecule has 3 aliphatic heterocycles. The molecule has 1 amide bonds. The summed E-state index contributed by atoms with van der Waals surface area (Å²) in [6, 6.07) is 15.8. The monoisotopic (exact) mass is 658 g/mol. The molecule has 0 bridgehead atoms. The first-order valence-corrected chi connectivity index (χ1v) is 15.8. The van der Waals surface area contributed by atoms with Crippen LogP contribution in [0.2, 0.25) is 5.02 Å². The van der Waals surface area contributed by atoms with Crippen molar-refractivity contribution in [2.24, 2.45) is 0 Å². The second kappa shape index (κ2) is 13.5. The number of amides is 1. The van der Waals surface area contributed by atoms with Gasteiger partial charge in [-0.1, -0.05) is 11.6 Å². The maximum atomic E-state index is 15.2. The lowest BCUT2D eigenvalue weighted by atomic mass is 10.0. The first-order valence-electron chi connectivity index (χ1n) is 15.4. The molecule has 2 atom stereocenters. The number of nitrogens with one attached hydrogen (secondary N) is 2. The number of aromatic amines is 1. The molecular formula is C32H32ClFN10O3. The standard InChI is InChI=1S/C32H32ClFN10O3/c33-25-15-38-41-29(25)31(45)44-8-7-28(26(34)16-44)47-27-6-1-20(13-21(27)14-35)30-36-19-37-32(40-30)39-22-2-4-23(5-3-22)42-9-11-43(12-10-42)24-17-46-18-24/h1-6,13,15,19,24,26,28H,7-12,16-18H2,(H,38,41)(H,36,37,39,40)/t26-,28-/m0/s1. The molecule has 242 valence electrons. The van der Waals surface area contributed by atoms with Gasteiger partial charge in [0.1, 0.15) is 29.9 Å². The first kappa shape index (κ1) is 30.8. The van der Waals surface area contributed by atoms with E-state index in [1.165, 1.54) is 23.1 Å². The number of piperazine rings is 1. The number of nitrogens with zero attached hydrogens (tertiary/aromatic N) is 8. The van der Waals surface area contributed by atoms with E-state index in [0.717, 1.165) is 45.1 Å². The third kappa shape index (κ3) is 6.69. The number of likely N-dealkylation sites (tertiary alicyclic amines) is 1. The molecule has 3 saturated heterocycles. The second-order valence-corrected chi connectivity index (χ2v) is 12.1. The number of hydrogen-bond acceptors (Lipinski definition) is 11. The summed E-state index contributed by atoms with van der Waals surface area (Å²) in [5.74, 6) is 0.537. The topological polar surface area (TPSA) is 148 Å². The molecule has 2 aromatic carbocycles. The number of alkyl halides is 1. The summed E-state index contributed by atoms with van der Waals surface area (Å²) in [4.78, 5) is 32.1. The molecule has 0 aliphatic carbocycles. The number of halogens is 2. The van der Waals surface area contributed by atoms with Crippen LogP contribution in [-0.2, 0) is 4.74 Å². The highest BCUT2D eigenvalue weighted by Gasteiger charge is 2.35. The van der Waals surface area contributed by atoms with E-state index in [2.05, 4.69) is 58.5 Å². The molecule has 0 saturated carbocycles. The minimum Gasteiger partial charge on any atom is -0.486 e. The molecule has 3 aliphatic rings. The SMILES string of the molecule is N#Cc1cc(-c2ncnc(Nc3ccc(N4CCN(C5COC5)CC4)cc3)n2)ccc1O[C@H]1CCN(C(=O)c2[nH]ncc2Cl)C[C@@H]1F. The van der Waals surface area contributed by atoms with Crippen molar-refractivity contribution in [2.45, 2.75) is 24.7 Å². The van der Waals surface area contributed by atoms with Crippen LogP contribution >= 0.6 is 11.6 Å². The van der Waals surface area contributed by atoms with E-state index in [1.807, 2.05) is 12.1 Å². The average molecular weight is 659 g/mol. The van der Waals surface area contributed by atoms with Gasteiger partial charge in [-0.2, -0.15) is 15.3 Å². The van der Waals surface area contributed by atoms with Crippen LogP contribution in [-0.4, -0.2) is 112 Å². The molecule has 0 unspecified atom stereocenters. The molecule has 2 aromatic heterocycles. The Morgan fingerprint density at radius 1 is 1.11 bits per heavy atom. The third-order valence-corrected chi connectivity index (χ3v) is 9.01. The lowest BCUT2D eigenvalue weighted by Crippen LogP contribution is -2.56. The number of ether oxygens (including phenoxy) is 2. The van der Waals surface area contributed by atoms with Gasteiger partial charge in [0.05, 0.1) is 42.6 Å². The number of nitriles is 1. The maximum absolute atomic E-state index is 15.2. The average Bonchev–Trinajstić information content (AvgIpc) is 3.51. The number of aromatic nitrogens is 5. The Morgan fingerprint density at radius 2 is 1.91 bits per heavy atom. The van der Waals surface area contributed by atoms with Gasteiger partial charge in [-0.05, 0) is 42.5 Å². The molecule has 0 radical (unpaired) electrons. The van der Waals surface area contributed by atoms with Gasteiger partial charge in [0.2, 0.25) is 5.95 Å². The molecule has 7 rings (SSSR count). The summed E-state index contributed by atoms with van der Waals surface area (Å²) in [6.45, 7) is 5.79. The summed E-state index contributed by atoms with van der Waals surface area (Å²) < 4.78 is 26.4. The van der Waals surface area contributed by atoms with Gasteiger partial charge in [0.15, 0.2) is 12.0 Å². The number of rotatable bonds is 8. The molecular weight excluding hydrogens is 627 g/mol. The zero-order valence-corrected chi connectivity index (χ0v) is 26.1. The van der Waals surface area contributed by atoms with Crippen LogP contribution in [0.15, 0.2) is 55.0 Å². The zero-order valence-electron chi connectivity index (χ0n) is 25.4. The Balaban J connectivity index is 0.967. The Labute approximate surface area is 275 Å². The van der Waals surface area contributed by atoms with Crippen molar-refractivity contribution < 1.29 is 18.7 Å². The van der Waals surface area contributed by atoms with Crippen LogP contribution in [0, 0.1) is 11.3 Å². The highest BCUT2D eigenvalue weighted by atomic mass is 35.5. The van der Waals surface area contributed by atoms with Crippen LogP contribution in [0.25, 0.3) is 11.4 Å². The predicted molar refractivity (Wildman–Crippen MR) is 172 cm³/mol. The molecule has 3 fully saturated rings. The third-order valence-electron chi connectivity index (χ3n) is 8.72. The summed E-state index contributed by atoms with van der Waals surface area (Å²) in [5.41, 5.74) is 2.91. The Bertz CT molecular complexity index is 1770. The lowest BCUT2D eigenvalue weighted by Gasteiger charge is -2.43. The lowest BCUT2D eigenvalue weighted by molar-refractivity contribution is -0.0660. The smallest absolute Gasteiger partial charge is 0.273 e. The number of H-pyrrole nitrogens is 1. The quantitative estimate of drug-likeness (QED) is 0.286. The Hall–Kier alpha value is -4.84. The van der Waals surface area contributed by atoms with Crippen molar-refractivity contribution in [1.82, 2.24) is 34.9 Å². The summed E-state index contributed by atoms with van der Waals surface area (Å²) >= 11 is 5.99. The number of benzene rings is 2. The van der Waals surface area contributed by atoms with Crippen LogP contribution in [0.3, 0.4) is 0 Å². The van der Waals surface area contributed by atoms with Crippen LogP contribution < -0.4 is 15.0 Å². The van der Waals surface area contributed by atoms with Gasteiger partial charge in [0, 0.05) is 56.1 Å². The van der Waals surface area contributed by atoms with Crippen molar-refractivity contribution in [2.75, 3.05) is 62.7 Å².